The van der Waals surface area contributed by atoms with Crippen LogP contribution in [0.1, 0.15) is 23.6 Å². The molecule has 0 unspecified atom stereocenters. The highest BCUT2D eigenvalue weighted by Crippen LogP contribution is 2.32. The van der Waals surface area contributed by atoms with Crippen LogP contribution in [0.5, 0.6) is 5.75 Å². The molecule has 0 spiro atoms. The van der Waals surface area contributed by atoms with Gasteiger partial charge in [-0.15, -0.1) is 0 Å². The lowest BCUT2D eigenvalue weighted by atomic mass is 10.0. The quantitative estimate of drug-likeness (QED) is 0.672. The van der Waals surface area contributed by atoms with Crippen molar-refractivity contribution in [1.82, 2.24) is 0 Å². The first-order valence-electron chi connectivity index (χ1n) is 4.51. The molecule has 0 saturated heterocycles. The Bertz CT molecular complexity index is 357. The van der Waals surface area contributed by atoms with E-state index in [1.807, 2.05) is 26.8 Å². The molecule has 0 aliphatic carbocycles. The Morgan fingerprint density at radius 3 is 2.36 bits per heavy atom. The SMILES string of the molecule is CC(=O)Nc1c(C)c(C)cc(C)c1O. The molecule has 0 saturated carbocycles. The van der Waals surface area contributed by atoms with E-state index in [4.69, 9.17) is 0 Å². The minimum absolute atomic E-state index is 0.156. The van der Waals surface area contributed by atoms with Crippen LogP contribution in [0.4, 0.5) is 5.69 Å². The van der Waals surface area contributed by atoms with Gasteiger partial charge in [-0.2, -0.15) is 0 Å². The summed E-state index contributed by atoms with van der Waals surface area (Å²) in [7, 11) is 0. The molecule has 1 rings (SSSR count). The zero-order valence-corrected chi connectivity index (χ0v) is 8.93. The summed E-state index contributed by atoms with van der Waals surface area (Å²) in [5, 5.41) is 12.4. The van der Waals surface area contributed by atoms with Gasteiger partial charge in [-0.05, 0) is 37.5 Å². The Kier molecular flexibility index (Phi) is 2.79. The number of carbonyl (C=O) groups excluding carboxylic acids is 1. The van der Waals surface area contributed by atoms with Gasteiger partial charge in [0.15, 0.2) is 0 Å². The van der Waals surface area contributed by atoms with E-state index in [1.165, 1.54) is 6.92 Å². The Balaban J connectivity index is 3.31. The van der Waals surface area contributed by atoms with Gasteiger partial charge >= 0.3 is 0 Å². The van der Waals surface area contributed by atoms with Gasteiger partial charge in [0.05, 0.1) is 5.69 Å². The maximum Gasteiger partial charge on any atom is 0.221 e. The van der Waals surface area contributed by atoms with Crippen LogP contribution in [0.15, 0.2) is 6.07 Å². The van der Waals surface area contributed by atoms with Crippen molar-refractivity contribution in [3.8, 4) is 5.75 Å². The van der Waals surface area contributed by atoms with Gasteiger partial charge < -0.3 is 10.4 Å². The van der Waals surface area contributed by atoms with Gasteiger partial charge in [0.1, 0.15) is 5.75 Å². The van der Waals surface area contributed by atoms with Crippen LogP contribution in [-0.4, -0.2) is 11.0 Å². The second-order valence-electron chi connectivity index (χ2n) is 3.54. The second kappa shape index (κ2) is 3.70. The predicted octanol–water partition coefficient (Wildman–Crippen LogP) is 2.28. The summed E-state index contributed by atoms with van der Waals surface area (Å²) in [6.45, 7) is 7.07. The minimum Gasteiger partial charge on any atom is -0.505 e. The molecule has 0 aromatic heterocycles. The summed E-state index contributed by atoms with van der Waals surface area (Å²) < 4.78 is 0. The first kappa shape index (κ1) is 10.6. The third-order valence-electron chi connectivity index (χ3n) is 2.31. The Morgan fingerprint density at radius 1 is 1.29 bits per heavy atom. The van der Waals surface area contributed by atoms with Crippen LogP contribution in [0.2, 0.25) is 0 Å². The molecule has 2 N–H and O–H groups in total. The standard InChI is InChI=1S/C11H15NO2/c1-6-5-7(2)11(14)10(8(6)3)12-9(4)13/h5,14H,1-4H3,(H,12,13). The van der Waals surface area contributed by atoms with Crippen molar-refractivity contribution in [3.63, 3.8) is 0 Å². The summed E-state index contributed by atoms with van der Waals surface area (Å²) in [6, 6.07) is 1.90. The predicted molar refractivity (Wildman–Crippen MR) is 56.6 cm³/mol. The van der Waals surface area contributed by atoms with Gasteiger partial charge in [-0.1, -0.05) is 6.07 Å². The molecule has 76 valence electrons. The first-order chi connectivity index (χ1) is 6.43. The first-order valence-corrected chi connectivity index (χ1v) is 4.51. The van der Waals surface area contributed by atoms with Crippen molar-refractivity contribution in [2.24, 2.45) is 0 Å². The topological polar surface area (TPSA) is 49.3 Å². The van der Waals surface area contributed by atoms with E-state index < -0.39 is 0 Å². The van der Waals surface area contributed by atoms with Crippen molar-refractivity contribution in [2.45, 2.75) is 27.7 Å². The molecule has 1 aromatic carbocycles. The van der Waals surface area contributed by atoms with Crippen LogP contribution in [0, 0.1) is 20.8 Å². The lowest BCUT2D eigenvalue weighted by Crippen LogP contribution is -2.08. The number of anilines is 1. The molecule has 0 atom stereocenters. The molecule has 1 amide bonds. The van der Waals surface area contributed by atoms with E-state index in [0.717, 1.165) is 16.7 Å². The van der Waals surface area contributed by atoms with Gasteiger partial charge in [0.2, 0.25) is 5.91 Å². The fourth-order valence-corrected chi connectivity index (χ4v) is 1.40. The van der Waals surface area contributed by atoms with Gasteiger partial charge in [0.25, 0.3) is 0 Å². The van der Waals surface area contributed by atoms with E-state index in [0.29, 0.717) is 5.69 Å². The van der Waals surface area contributed by atoms with Gasteiger partial charge in [-0.3, -0.25) is 4.79 Å². The number of phenolic OH excluding ortho intramolecular Hbond substituents is 1. The second-order valence-corrected chi connectivity index (χ2v) is 3.54. The van der Waals surface area contributed by atoms with Crippen molar-refractivity contribution in [3.05, 3.63) is 22.8 Å². The molecular formula is C11H15NO2. The number of hydrogen-bond donors (Lipinski definition) is 2. The van der Waals surface area contributed by atoms with Gasteiger partial charge in [-0.25, -0.2) is 0 Å². The highest BCUT2D eigenvalue weighted by atomic mass is 16.3. The Hall–Kier alpha value is -1.51. The maximum atomic E-state index is 10.9. The van der Waals surface area contributed by atoms with Crippen LogP contribution < -0.4 is 5.32 Å². The fourth-order valence-electron chi connectivity index (χ4n) is 1.40. The number of hydrogen-bond acceptors (Lipinski definition) is 2. The van der Waals surface area contributed by atoms with E-state index in [9.17, 15) is 9.90 Å². The molecule has 0 fully saturated rings. The summed E-state index contributed by atoms with van der Waals surface area (Å²) in [5.74, 6) is -0.0169. The average Bonchev–Trinajstić information content (AvgIpc) is 2.09. The van der Waals surface area contributed by atoms with Crippen LogP contribution in [-0.2, 0) is 4.79 Å². The zero-order valence-electron chi connectivity index (χ0n) is 8.93. The number of aromatic hydroxyl groups is 1. The number of aryl methyl sites for hydroxylation is 2. The maximum absolute atomic E-state index is 10.9. The van der Waals surface area contributed by atoms with Crippen LogP contribution >= 0.6 is 0 Å². The monoisotopic (exact) mass is 193 g/mol. The number of benzene rings is 1. The average molecular weight is 193 g/mol. The van der Waals surface area contributed by atoms with Crippen LogP contribution in [0.3, 0.4) is 0 Å². The molecule has 0 aliphatic rings. The lowest BCUT2D eigenvalue weighted by Gasteiger charge is -2.13. The third-order valence-corrected chi connectivity index (χ3v) is 2.31. The molecule has 14 heavy (non-hydrogen) atoms. The van der Waals surface area contributed by atoms with Gasteiger partial charge in [0, 0.05) is 6.92 Å². The molecule has 3 nitrogen and oxygen atoms in total. The van der Waals surface area contributed by atoms with E-state index in [1.54, 1.807) is 0 Å². The smallest absolute Gasteiger partial charge is 0.221 e. The van der Waals surface area contributed by atoms with E-state index >= 15 is 0 Å². The number of rotatable bonds is 1. The van der Waals surface area contributed by atoms with Crippen LogP contribution in [0.25, 0.3) is 0 Å². The van der Waals surface area contributed by atoms with Crippen molar-refractivity contribution in [2.75, 3.05) is 5.32 Å². The summed E-state index contributed by atoms with van der Waals surface area (Å²) >= 11 is 0. The fraction of sp³-hybridized carbons (Fsp3) is 0.364. The van der Waals surface area contributed by atoms with E-state index in [2.05, 4.69) is 5.32 Å². The van der Waals surface area contributed by atoms with Crippen molar-refractivity contribution in [1.29, 1.82) is 0 Å². The molecular weight excluding hydrogens is 178 g/mol. The molecule has 1 aromatic rings. The number of amides is 1. The normalized spacial score (nSPS) is 10.0. The Morgan fingerprint density at radius 2 is 1.86 bits per heavy atom. The molecule has 0 radical (unpaired) electrons. The highest BCUT2D eigenvalue weighted by molar-refractivity contribution is 5.92. The zero-order chi connectivity index (χ0) is 10.9. The third kappa shape index (κ3) is 1.87. The number of carbonyl (C=O) groups is 1. The summed E-state index contributed by atoms with van der Waals surface area (Å²) in [6.07, 6.45) is 0. The largest absolute Gasteiger partial charge is 0.505 e. The minimum atomic E-state index is -0.173. The van der Waals surface area contributed by atoms with E-state index in [-0.39, 0.29) is 11.7 Å². The molecule has 0 heterocycles. The molecule has 3 heteroatoms. The number of phenols is 1. The summed E-state index contributed by atoms with van der Waals surface area (Å²) in [4.78, 5) is 10.9. The highest BCUT2D eigenvalue weighted by Gasteiger charge is 2.11. The lowest BCUT2D eigenvalue weighted by molar-refractivity contribution is -0.114. The van der Waals surface area contributed by atoms with Crippen molar-refractivity contribution < 1.29 is 9.90 Å². The Labute approximate surface area is 83.8 Å². The van der Waals surface area contributed by atoms with Crippen molar-refractivity contribution >= 4 is 11.6 Å². The molecule has 0 bridgehead atoms. The summed E-state index contributed by atoms with van der Waals surface area (Å²) in [5.41, 5.74) is 3.26. The number of nitrogens with one attached hydrogen (secondary N) is 1. The molecule has 0 aliphatic heterocycles.